The highest BCUT2D eigenvalue weighted by Crippen LogP contribution is 2.13. The van der Waals surface area contributed by atoms with Crippen LogP contribution in [0.25, 0.3) is 0 Å². The number of aromatic carboxylic acids is 1. The van der Waals surface area contributed by atoms with E-state index in [0.717, 1.165) is 38.9 Å². The number of carbonyl (C=O) groups is 2. The minimum Gasteiger partial charge on any atom is -0.475 e. The molecule has 0 spiro atoms. The number of nitrogens with one attached hydrogen (secondary N) is 1. The number of rotatable bonds is 5. The van der Waals surface area contributed by atoms with Crippen molar-refractivity contribution in [1.82, 2.24) is 10.2 Å². The molecular formula is C14H20N2O4. The maximum absolute atomic E-state index is 11.9. The van der Waals surface area contributed by atoms with Crippen LogP contribution in [-0.2, 0) is 0 Å². The lowest BCUT2D eigenvalue weighted by Gasteiger charge is -2.31. The van der Waals surface area contributed by atoms with E-state index >= 15 is 0 Å². The summed E-state index contributed by atoms with van der Waals surface area (Å²) in [5, 5.41) is 11.6. The van der Waals surface area contributed by atoms with Crippen molar-refractivity contribution in [2.75, 3.05) is 19.6 Å². The van der Waals surface area contributed by atoms with Crippen LogP contribution in [0, 0.1) is 0 Å². The molecule has 6 nitrogen and oxygen atoms in total. The van der Waals surface area contributed by atoms with Gasteiger partial charge in [0.1, 0.15) is 0 Å². The van der Waals surface area contributed by atoms with E-state index < -0.39 is 5.97 Å². The lowest BCUT2D eigenvalue weighted by molar-refractivity contribution is 0.0659. The Morgan fingerprint density at radius 2 is 2.00 bits per heavy atom. The summed E-state index contributed by atoms with van der Waals surface area (Å²) in [6, 6.07) is 2.82. The zero-order valence-electron chi connectivity index (χ0n) is 11.6. The molecule has 1 saturated heterocycles. The van der Waals surface area contributed by atoms with Crippen LogP contribution in [0.2, 0.25) is 0 Å². The van der Waals surface area contributed by atoms with Gasteiger partial charge in [0.05, 0.1) is 0 Å². The molecule has 0 atom stereocenters. The number of piperidine rings is 1. The van der Waals surface area contributed by atoms with Gasteiger partial charge in [0, 0.05) is 19.1 Å². The Labute approximate surface area is 117 Å². The summed E-state index contributed by atoms with van der Waals surface area (Å²) in [5.74, 6) is -1.67. The summed E-state index contributed by atoms with van der Waals surface area (Å²) in [4.78, 5) is 25.0. The summed E-state index contributed by atoms with van der Waals surface area (Å²) in [6.07, 6.45) is 2.97. The smallest absolute Gasteiger partial charge is 0.371 e. The molecule has 110 valence electrons. The van der Waals surface area contributed by atoms with Gasteiger partial charge >= 0.3 is 5.97 Å². The predicted octanol–water partition coefficient (Wildman–Crippen LogP) is 1.58. The SMILES string of the molecule is CCCN1CCC(NC(=O)c2ccc(C(=O)O)o2)CC1. The summed E-state index contributed by atoms with van der Waals surface area (Å²) >= 11 is 0. The molecule has 0 aliphatic carbocycles. The highest BCUT2D eigenvalue weighted by molar-refractivity contribution is 5.93. The van der Waals surface area contributed by atoms with Crippen LogP contribution in [0.4, 0.5) is 0 Å². The van der Waals surface area contributed by atoms with Gasteiger partial charge in [0.2, 0.25) is 5.76 Å². The Morgan fingerprint density at radius 3 is 2.55 bits per heavy atom. The van der Waals surface area contributed by atoms with Crippen LogP contribution < -0.4 is 5.32 Å². The first-order valence-corrected chi connectivity index (χ1v) is 6.96. The van der Waals surface area contributed by atoms with Gasteiger partial charge in [0.15, 0.2) is 5.76 Å². The minimum atomic E-state index is -1.17. The summed E-state index contributed by atoms with van der Waals surface area (Å²) in [5.41, 5.74) is 0. The Hall–Kier alpha value is -1.82. The van der Waals surface area contributed by atoms with E-state index in [-0.39, 0.29) is 23.5 Å². The van der Waals surface area contributed by atoms with Crippen LogP contribution in [0.5, 0.6) is 0 Å². The van der Waals surface area contributed by atoms with Crippen molar-refractivity contribution in [2.24, 2.45) is 0 Å². The molecule has 2 N–H and O–H groups in total. The third-order valence-corrected chi connectivity index (χ3v) is 3.50. The Balaban J connectivity index is 1.84. The molecule has 6 heteroatoms. The molecule has 2 heterocycles. The molecule has 1 amide bonds. The molecule has 2 rings (SSSR count). The van der Waals surface area contributed by atoms with Gasteiger partial charge in [-0.1, -0.05) is 6.92 Å². The van der Waals surface area contributed by atoms with E-state index in [1.54, 1.807) is 0 Å². The Kier molecular flexibility index (Phi) is 4.79. The first-order chi connectivity index (χ1) is 9.60. The van der Waals surface area contributed by atoms with Crippen LogP contribution in [0.3, 0.4) is 0 Å². The number of hydrogen-bond acceptors (Lipinski definition) is 4. The number of amides is 1. The molecule has 0 aromatic carbocycles. The molecule has 1 aromatic heterocycles. The number of likely N-dealkylation sites (tertiary alicyclic amines) is 1. The molecule has 1 aromatic rings. The molecule has 1 aliphatic rings. The van der Waals surface area contributed by atoms with Gasteiger partial charge in [0.25, 0.3) is 5.91 Å². The second-order valence-corrected chi connectivity index (χ2v) is 5.06. The van der Waals surface area contributed by atoms with Crippen molar-refractivity contribution >= 4 is 11.9 Å². The van der Waals surface area contributed by atoms with Crippen LogP contribution in [0.1, 0.15) is 47.3 Å². The molecule has 0 unspecified atom stereocenters. The average Bonchev–Trinajstić information content (AvgIpc) is 2.91. The van der Waals surface area contributed by atoms with Crippen molar-refractivity contribution in [3.63, 3.8) is 0 Å². The summed E-state index contributed by atoms with van der Waals surface area (Å²) in [7, 11) is 0. The van der Waals surface area contributed by atoms with Crippen LogP contribution in [-0.4, -0.2) is 47.6 Å². The van der Waals surface area contributed by atoms with Gasteiger partial charge in [-0.15, -0.1) is 0 Å². The number of furan rings is 1. The van der Waals surface area contributed by atoms with Crippen molar-refractivity contribution in [3.05, 3.63) is 23.7 Å². The van der Waals surface area contributed by atoms with Crippen molar-refractivity contribution in [2.45, 2.75) is 32.2 Å². The maximum atomic E-state index is 11.9. The zero-order valence-corrected chi connectivity index (χ0v) is 11.6. The van der Waals surface area contributed by atoms with E-state index in [1.807, 2.05) is 0 Å². The molecule has 0 bridgehead atoms. The van der Waals surface area contributed by atoms with Gasteiger partial charge in [-0.2, -0.15) is 0 Å². The normalized spacial score (nSPS) is 17.1. The van der Waals surface area contributed by atoms with E-state index in [2.05, 4.69) is 17.1 Å². The lowest BCUT2D eigenvalue weighted by atomic mass is 10.0. The maximum Gasteiger partial charge on any atom is 0.371 e. The van der Waals surface area contributed by atoms with Crippen LogP contribution >= 0.6 is 0 Å². The molecular weight excluding hydrogens is 260 g/mol. The third-order valence-electron chi connectivity index (χ3n) is 3.50. The highest BCUT2D eigenvalue weighted by atomic mass is 16.4. The fourth-order valence-corrected chi connectivity index (χ4v) is 2.45. The quantitative estimate of drug-likeness (QED) is 0.855. The van der Waals surface area contributed by atoms with Gasteiger partial charge in [-0.25, -0.2) is 4.79 Å². The Bertz CT molecular complexity index is 475. The predicted molar refractivity (Wildman–Crippen MR) is 72.9 cm³/mol. The van der Waals surface area contributed by atoms with Crippen molar-refractivity contribution in [3.8, 4) is 0 Å². The number of hydrogen-bond donors (Lipinski definition) is 2. The number of carbonyl (C=O) groups excluding carboxylic acids is 1. The monoisotopic (exact) mass is 280 g/mol. The van der Waals surface area contributed by atoms with Crippen LogP contribution in [0.15, 0.2) is 16.5 Å². The number of carboxylic acids is 1. The van der Waals surface area contributed by atoms with Gasteiger partial charge in [-0.05, 0) is 37.9 Å². The second kappa shape index (κ2) is 6.56. The van der Waals surface area contributed by atoms with E-state index in [1.165, 1.54) is 12.1 Å². The fourth-order valence-electron chi connectivity index (χ4n) is 2.45. The standard InChI is InChI=1S/C14H20N2O4/c1-2-7-16-8-5-10(6-9-16)15-13(17)11-3-4-12(20-11)14(18)19/h3-4,10H,2,5-9H2,1H3,(H,15,17)(H,18,19). The van der Waals surface area contributed by atoms with E-state index in [0.29, 0.717) is 0 Å². The fraction of sp³-hybridized carbons (Fsp3) is 0.571. The average molecular weight is 280 g/mol. The van der Waals surface area contributed by atoms with E-state index in [4.69, 9.17) is 9.52 Å². The number of nitrogens with zero attached hydrogens (tertiary/aromatic N) is 1. The first kappa shape index (κ1) is 14.6. The Morgan fingerprint density at radius 1 is 1.35 bits per heavy atom. The zero-order chi connectivity index (χ0) is 14.5. The molecule has 0 radical (unpaired) electrons. The van der Waals surface area contributed by atoms with Gasteiger partial charge in [-0.3, -0.25) is 4.79 Å². The van der Waals surface area contributed by atoms with Crippen molar-refractivity contribution < 1.29 is 19.1 Å². The third kappa shape index (κ3) is 3.60. The van der Waals surface area contributed by atoms with E-state index in [9.17, 15) is 9.59 Å². The van der Waals surface area contributed by atoms with Crippen molar-refractivity contribution in [1.29, 1.82) is 0 Å². The number of carboxylic acid groups (broad SMARTS) is 1. The second-order valence-electron chi connectivity index (χ2n) is 5.06. The highest BCUT2D eigenvalue weighted by Gasteiger charge is 2.22. The lowest BCUT2D eigenvalue weighted by Crippen LogP contribution is -2.44. The summed E-state index contributed by atoms with van der Waals surface area (Å²) < 4.78 is 4.99. The summed E-state index contributed by atoms with van der Waals surface area (Å²) in [6.45, 7) is 5.22. The largest absolute Gasteiger partial charge is 0.475 e. The van der Waals surface area contributed by atoms with Gasteiger partial charge < -0.3 is 19.7 Å². The molecule has 1 fully saturated rings. The topological polar surface area (TPSA) is 82.8 Å². The first-order valence-electron chi connectivity index (χ1n) is 6.96. The minimum absolute atomic E-state index is 0.0541. The molecule has 20 heavy (non-hydrogen) atoms. The molecule has 0 saturated carbocycles. The molecule has 1 aliphatic heterocycles.